The number of nitrogens with zero attached hydrogens (tertiary/aromatic N) is 1. The maximum Gasteiger partial charge on any atom is 0.320 e. The molecule has 2 N–H and O–H groups in total. The first-order valence-electron chi connectivity index (χ1n) is 9.68. The van der Waals surface area contributed by atoms with Gasteiger partial charge < -0.3 is 10.6 Å². The van der Waals surface area contributed by atoms with E-state index in [4.69, 9.17) is 4.98 Å². The molecule has 30 heavy (non-hydrogen) atoms. The lowest BCUT2D eigenvalue weighted by Crippen LogP contribution is -2.43. The van der Waals surface area contributed by atoms with E-state index in [0.29, 0.717) is 5.70 Å². The Hall–Kier alpha value is -3.99. The van der Waals surface area contributed by atoms with Gasteiger partial charge in [0.1, 0.15) is 5.82 Å². The predicted molar refractivity (Wildman–Crippen MR) is 116 cm³/mol. The van der Waals surface area contributed by atoms with E-state index < -0.39 is 6.04 Å². The number of fused-ring (bicyclic) bond motifs is 1. The first-order valence-corrected chi connectivity index (χ1v) is 9.68. The Labute approximate surface area is 173 Å². The fourth-order valence-corrected chi connectivity index (χ4v) is 3.79. The number of nitrogens with one attached hydrogen (secondary N) is 2. The van der Waals surface area contributed by atoms with Gasteiger partial charge in [-0.15, -0.1) is 0 Å². The maximum absolute atomic E-state index is 13.5. The zero-order valence-electron chi connectivity index (χ0n) is 16.0. The van der Waals surface area contributed by atoms with Crippen LogP contribution in [0.4, 0.5) is 9.18 Å². The molecule has 1 atom stereocenters. The molecule has 5 heteroatoms. The summed E-state index contributed by atoms with van der Waals surface area (Å²) in [7, 11) is 0. The molecule has 1 aliphatic rings. The minimum atomic E-state index is -0.469. The number of amides is 2. The van der Waals surface area contributed by atoms with Gasteiger partial charge in [0, 0.05) is 11.0 Å². The second-order valence-electron chi connectivity index (χ2n) is 7.13. The zero-order chi connectivity index (χ0) is 20.5. The van der Waals surface area contributed by atoms with E-state index in [9.17, 15) is 9.18 Å². The van der Waals surface area contributed by atoms with Crippen LogP contribution in [0.15, 0.2) is 91.0 Å². The number of hydrogen-bond acceptors (Lipinski definition) is 2. The standard InChI is InChI=1S/C25H18FN3O/c26-19-13-10-18(11-14-19)24-22(21-15-12-16-6-4-5-9-20(16)27-21)23(28-25(30)29-24)17-7-2-1-3-8-17/h1-15,24H,(H2,28,29,30)/t24-/m0/s1. The minimum Gasteiger partial charge on any atom is -0.327 e. The Balaban J connectivity index is 1.76. The highest BCUT2D eigenvalue weighted by molar-refractivity contribution is 6.03. The van der Waals surface area contributed by atoms with Crippen molar-refractivity contribution in [3.05, 3.63) is 114 Å². The molecule has 0 saturated carbocycles. The van der Waals surface area contributed by atoms with Crippen molar-refractivity contribution in [1.29, 1.82) is 0 Å². The molecule has 0 unspecified atom stereocenters. The number of para-hydroxylation sites is 1. The number of carbonyl (C=O) groups is 1. The fraction of sp³-hybridized carbons (Fsp3) is 0.0400. The third-order valence-corrected chi connectivity index (χ3v) is 5.21. The van der Waals surface area contributed by atoms with Crippen LogP contribution < -0.4 is 10.6 Å². The van der Waals surface area contributed by atoms with Gasteiger partial charge in [0.15, 0.2) is 0 Å². The monoisotopic (exact) mass is 395 g/mol. The van der Waals surface area contributed by atoms with Gasteiger partial charge in [-0.05, 0) is 35.4 Å². The van der Waals surface area contributed by atoms with E-state index >= 15 is 0 Å². The van der Waals surface area contributed by atoms with Gasteiger partial charge in [0.2, 0.25) is 0 Å². The molecular weight excluding hydrogens is 377 g/mol. The molecule has 3 aromatic carbocycles. The smallest absolute Gasteiger partial charge is 0.320 e. The molecular formula is C25H18FN3O. The van der Waals surface area contributed by atoms with Crippen LogP contribution in [0.1, 0.15) is 22.9 Å². The van der Waals surface area contributed by atoms with Crippen molar-refractivity contribution in [2.24, 2.45) is 0 Å². The SMILES string of the molecule is O=C1NC(c2ccccc2)=C(c2ccc3ccccc3n2)[C@H](c2ccc(F)cc2)N1. The largest absolute Gasteiger partial charge is 0.327 e. The molecule has 2 amide bonds. The van der Waals surface area contributed by atoms with E-state index in [0.717, 1.165) is 33.3 Å². The Morgan fingerprint density at radius 1 is 0.800 bits per heavy atom. The van der Waals surface area contributed by atoms with Crippen molar-refractivity contribution in [2.75, 3.05) is 0 Å². The molecule has 1 aromatic heterocycles. The number of pyridine rings is 1. The normalized spacial score (nSPS) is 16.3. The summed E-state index contributed by atoms with van der Waals surface area (Å²) < 4.78 is 13.5. The highest BCUT2D eigenvalue weighted by Crippen LogP contribution is 2.37. The van der Waals surface area contributed by atoms with Crippen LogP contribution in [0.25, 0.3) is 22.2 Å². The summed E-state index contributed by atoms with van der Waals surface area (Å²) in [5.41, 5.74) is 4.79. The van der Waals surface area contributed by atoms with E-state index in [1.807, 2.05) is 66.7 Å². The Morgan fingerprint density at radius 2 is 1.53 bits per heavy atom. The minimum absolute atomic E-state index is 0.312. The van der Waals surface area contributed by atoms with Crippen LogP contribution in [0.2, 0.25) is 0 Å². The quantitative estimate of drug-likeness (QED) is 0.495. The number of rotatable bonds is 3. The average Bonchev–Trinajstić information content (AvgIpc) is 2.79. The van der Waals surface area contributed by atoms with Crippen LogP contribution in [-0.4, -0.2) is 11.0 Å². The zero-order valence-corrected chi connectivity index (χ0v) is 16.0. The molecule has 0 aliphatic carbocycles. The highest BCUT2D eigenvalue weighted by Gasteiger charge is 2.30. The molecule has 4 nitrogen and oxygen atoms in total. The summed E-state index contributed by atoms with van der Waals surface area (Å²) in [6, 6.07) is 26.9. The van der Waals surface area contributed by atoms with Crippen molar-refractivity contribution >= 4 is 28.2 Å². The van der Waals surface area contributed by atoms with E-state index in [1.54, 1.807) is 12.1 Å². The number of hydrogen-bond donors (Lipinski definition) is 2. The summed E-state index contributed by atoms with van der Waals surface area (Å²) in [5, 5.41) is 6.97. The molecule has 0 saturated heterocycles. The molecule has 1 aliphatic heterocycles. The Bertz CT molecular complexity index is 1270. The molecule has 0 radical (unpaired) electrons. The lowest BCUT2D eigenvalue weighted by molar-refractivity contribution is 0.242. The molecule has 5 rings (SSSR count). The topological polar surface area (TPSA) is 54.0 Å². The number of aromatic nitrogens is 1. The number of benzene rings is 3. The maximum atomic E-state index is 13.5. The van der Waals surface area contributed by atoms with Crippen LogP contribution in [-0.2, 0) is 0 Å². The third kappa shape index (κ3) is 3.31. The summed E-state index contributed by atoms with van der Waals surface area (Å²) in [5.74, 6) is -0.323. The van der Waals surface area contributed by atoms with Gasteiger partial charge >= 0.3 is 6.03 Å². The summed E-state index contributed by atoms with van der Waals surface area (Å²) in [4.78, 5) is 17.4. The number of halogens is 1. The van der Waals surface area contributed by atoms with Crippen LogP contribution in [0.3, 0.4) is 0 Å². The van der Waals surface area contributed by atoms with Gasteiger partial charge in [-0.3, -0.25) is 0 Å². The van der Waals surface area contributed by atoms with Gasteiger partial charge in [-0.2, -0.15) is 0 Å². The molecule has 0 bridgehead atoms. The molecule has 0 fully saturated rings. The molecule has 4 aromatic rings. The second kappa shape index (κ2) is 7.44. The van der Waals surface area contributed by atoms with Gasteiger partial charge in [0.25, 0.3) is 0 Å². The number of urea groups is 1. The van der Waals surface area contributed by atoms with Crippen molar-refractivity contribution in [1.82, 2.24) is 15.6 Å². The fourth-order valence-electron chi connectivity index (χ4n) is 3.79. The van der Waals surface area contributed by atoms with Crippen molar-refractivity contribution < 1.29 is 9.18 Å². The summed E-state index contributed by atoms with van der Waals surface area (Å²) in [6.07, 6.45) is 0. The Morgan fingerprint density at radius 3 is 2.33 bits per heavy atom. The first kappa shape index (κ1) is 18.1. The van der Waals surface area contributed by atoms with E-state index in [-0.39, 0.29) is 11.8 Å². The predicted octanol–water partition coefficient (Wildman–Crippen LogP) is 5.30. The van der Waals surface area contributed by atoms with Gasteiger partial charge in [0.05, 0.1) is 22.9 Å². The number of carbonyl (C=O) groups excluding carboxylic acids is 1. The van der Waals surface area contributed by atoms with E-state index in [1.165, 1.54) is 12.1 Å². The average molecular weight is 395 g/mol. The van der Waals surface area contributed by atoms with Crippen LogP contribution in [0.5, 0.6) is 0 Å². The molecule has 0 spiro atoms. The van der Waals surface area contributed by atoms with Crippen LogP contribution >= 0.6 is 0 Å². The summed E-state index contributed by atoms with van der Waals surface area (Å²) in [6.45, 7) is 0. The first-order chi connectivity index (χ1) is 14.7. The van der Waals surface area contributed by atoms with Gasteiger partial charge in [-0.25, -0.2) is 14.2 Å². The van der Waals surface area contributed by atoms with Crippen molar-refractivity contribution in [2.45, 2.75) is 6.04 Å². The molecule has 146 valence electrons. The molecule has 2 heterocycles. The second-order valence-corrected chi connectivity index (χ2v) is 7.13. The Kier molecular flexibility index (Phi) is 4.48. The van der Waals surface area contributed by atoms with Gasteiger partial charge in [-0.1, -0.05) is 66.7 Å². The highest BCUT2D eigenvalue weighted by atomic mass is 19.1. The lowest BCUT2D eigenvalue weighted by atomic mass is 9.90. The summed E-state index contributed by atoms with van der Waals surface area (Å²) >= 11 is 0. The third-order valence-electron chi connectivity index (χ3n) is 5.21. The lowest BCUT2D eigenvalue weighted by Gasteiger charge is -2.30. The van der Waals surface area contributed by atoms with Crippen molar-refractivity contribution in [3.8, 4) is 0 Å². The van der Waals surface area contributed by atoms with E-state index in [2.05, 4.69) is 10.6 Å². The van der Waals surface area contributed by atoms with Crippen molar-refractivity contribution in [3.63, 3.8) is 0 Å². The van der Waals surface area contributed by atoms with Crippen LogP contribution in [0, 0.1) is 5.82 Å².